The summed E-state index contributed by atoms with van der Waals surface area (Å²) in [5.74, 6) is 0. The molecular weight excluding hydrogens is 244 g/mol. The van der Waals surface area contributed by atoms with Gasteiger partial charge in [-0.25, -0.2) is 0 Å². The van der Waals surface area contributed by atoms with Crippen LogP contribution in [0.1, 0.15) is 64.2 Å². The highest BCUT2D eigenvalue weighted by atomic mass is 28.3. The Kier molecular flexibility index (Phi) is 4.76. The fourth-order valence-electron chi connectivity index (χ4n) is 4.26. The van der Waals surface area contributed by atoms with Crippen molar-refractivity contribution in [3.63, 3.8) is 0 Å². The summed E-state index contributed by atoms with van der Waals surface area (Å²) in [6.07, 6.45) is 15.1. The second kappa shape index (κ2) is 6.74. The number of benzene rings is 1. The summed E-state index contributed by atoms with van der Waals surface area (Å²) in [6.45, 7) is 0. The second-order valence-corrected chi connectivity index (χ2v) is 9.61. The van der Waals surface area contributed by atoms with Crippen LogP contribution in [0.2, 0.25) is 11.1 Å². The van der Waals surface area contributed by atoms with Crippen molar-refractivity contribution in [2.75, 3.05) is 0 Å². The van der Waals surface area contributed by atoms with Gasteiger partial charge in [0.25, 0.3) is 0 Å². The molecule has 0 amide bonds. The summed E-state index contributed by atoms with van der Waals surface area (Å²) < 4.78 is 0. The molecule has 0 aliphatic heterocycles. The maximum absolute atomic E-state index is 2.44. The molecule has 2 aliphatic carbocycles. The molecule has 0 aromatic heterocycles. The fourth-order valence-corrected chi connectivity index (χ4v) is 8.51. The van der Waals surface area contributed by atoms with Gasteiger partial charge in [0.2, 0.25) is 0 Å². The van der Waals surface area contributed by atoms with Crippen LogP contribution in [-0.2, 0) is 0 Å². The molecule has 0 atom stereocenters. The summed E-state index contributed by atoms with van der Waals surface area (Å²) in [4.78, 5) is 0. The predicted octanol–water partition coefficient (Wildman–Crippen LogP) is 5.06. The zero-order valence-electron chi connectivity index (χ0n) is 12.1. The van der Waals surface area contributed by atoms with Gasteiger partial charge in [0.1, 0.15) is 0 Å². The van der Waals surface area contributed by atoms with Gasteiger partial charge in [0.15, 0.2) is 0 Å². The molecule has 1 heteroatoms. The first-order chi connectivity index (χ1) is 9.45. The van der Waals surface area contributed by atoms with E-state index in [4.69, 9.17) is 0 Å². The minimum Gasteiger partial charge on any atom is -0.0632 e. The lowest BCUT2D eigenvalue weighted by molar-refractivity contribution is 0.465. The van der Waals surface area contributed by atoms with E-state index in [0.29, 0.717) is 0 Å². The van der Waals surface area contributed by atoms with Crippen LogP contribution in [0.4, 0.5) is 0 Å². The molecule has 0 saturated heterocycles. The Morgan fingerprint density at radius 2 is 1.11 bits per heavy atom. The fraction of sp³-hybridized carbons (Fsp3) is 0.667. The van der Waals surface area contributed by atoms with Gasteiger partial charge in [-0.2, -0.15) is 0 Å². The van der Waals surface area contributed by atoms with E-state index in [1.54, 1.807) is 5.19 Å². The Hall–Kier alpha value is -0.563. The summed E-state index contributed by atoms with van der Waals surface area (Å²) in [5, 5.41) is 1.74. The van der Waals surface area contributed by atoms with Crippen molar-refractivity contribution >= 4 is 14.0 Å². The molecule has 0 spiro atoms. The molecule has 1 radical (unpaired) electrons. The molecular formula is C18H27Si. The molecule has 0 bridgehead atoms. The molecule has 2 aliphatic rings. The van der Waals surface area contributed by atoms with Crippen molar-refractivity contribution in [3.8, 4) is 0 Å². The highest BCUT2D eigenvalue weighted by Crippen LogP contribution is 2.41. The molecule has 103 valence electrons. The van der Waals surface area contributed by atoms with Gasteiger partial charge in [-0.05, 0) is 11.1 Å². The van der Waals surface area contributed by atoms with Gasteiger partial charge in [-0.15, -0.1) is 0 Å². The van der Waals surface area contributed by atoms with E-state index < -0.39 is 0 Å². The lowest BCUT2D eigenvalue weighted by Gasteiger charge is -2.36. The largest absolute Gasteiger partial charge is 0.0921 e. The van der Waals surface area contributed by atoms with E-state index in [1.165, 1.54) is 64.2 Å². The summed E-state index contributed by atoms with van der Waals surface area (Å²) in [5.41, 5.74) is 2.15. The van der Waals surface area contributed by atoms with Crippen LogP contribution in [0.15, 0.2) is 30.3 Å². The maximum atomic E-state index is 2.44. The van der Waals surface area contributed by atoms with Crippen molar-refractivity contribution in [1.82, 2.24) is 0 Å². The lowest BCUT2D eigenvalue weighted by Crippen LogP contribution is -2.41. The normalized spacial score (nSPS) is 22.8. The summed E-state index contributed by atoms with van der Waals surface area (Å²) in [6, 6.07) is 11.6. The Morgan fingerprint density at radius 1 is 0.632 bits per heavy atom. The van der Waals surface area contributed by atoms with Gasteiger partial charge < -0.3 is 0 Å². The molecule has 2 fully saturated rings. The van der Waals surface area contributed by atoms with E-state index in [2.05, 4.69) is 30.3 Å². The Morgan fingerprint density at radius 3 is 1.58 bits per heavy atom. The second-order valence-electron chi connectivity index (χ2n) is 6.49. The molecule has 19 heavy (non-hydrogen) atoms. The number of hydrogen-bond donors (Lipinski definition) is 0. The van der Waals surface area contributed by atoms with Crippen molar-refractivity contribution in [2.45, 2.75) is 75.3 Å². The van der Waals surface area contributed by atoms with Crippen molar-refractivity contribution in [1.29, 1.82) is 0 Å². The average molecular weight is 271 g/mol. The van der Waals surface area contributed by atoms with E-state index in [-0.39, 0.29) is 8.80 Å². The molecule has 0 nitrogen and oxygen atoms in total. The topological polar surface area (TPSA) is 0 Å². The van der Waals surface area contributed by atoms with Gasteiger partial charge in [0.05, 0.1) is 8.80 Å². The van der Waals surface area contributed by atoms with Gasteiger partial charge in [-0.1, -0.05) is 99.7 Å². The van der Waals surface area contributed by atoms with Gasteiger partial charge in [-0.3, -0.25) is 0 Å². The smallest absolute Gasteiger partial charge is 0.0632 e. The molecule has 0 N–H and O–H groups in total. The SMILES string of the molecule is c1ccc([Si](C2CCCCC2)C2CCCCC2)cc1. The molecule has 1 aromatic carbocycles. The first-order valence-electron chi connectivity index (χ1n) is 8.37. The predicted molar refractivity (Wildman–Crippen MR) is 85.5 cm³/mol. The van der Waals surface area contributed by atoms with E-state index in [1.807, 2.05) is 0 Å². The van der Waals surface area contributed by atoms with Gasteiger partial charge in [0, 0.05) is 0 Å². The summed E-state index contributed by atoms with van der Waals surface area (Å²) >= 11 is 0. The Balaban J connectivity index is 1.81. The van der Waals surface area contributed by atoms with Crippen LogP contribution in [0, 0.1) is 0 Å². The highest BCUT2D eigenvalue weighted by molar-refractivity contribution is 6.75. The van der Waals surface area contributed by atoms with E-state index in [0.717, 1.165) is 11.1 Å². The molecule has 2 saturated carbocycles. The average Bonchev–Trinajstić information content (AvgIpc) is 2.51. The third-order valence-electron chi connectivity index (χ3n) is 5.20. The molecule has 1 aromatic rings. The first-order valence-corrected chi connectivity index (χ1v) is 10.0. The third kappa shape index (κ3) is 3.31. The minimum atomic E-state index is -0.323. The van der Waals surface area contributed by atoms with Crippen LogP contribution in [-0.4, -0.2) is 8.80 Å². The van der Waals surface area contributed by atoms with E-state index >= 15 is 0 Å². The van der Waals surface area contributed by atoms with Crippen molar-refractivity contribution < 1.29 is 0 Å². The maximum Gasteiger partial charge on any atom is 0.0921 e. The van der Waals surface area contributed by atoms with Gasteiger partial charge >= 0.3 is 0 Å². The van der Waals surface area contributed by atoms with Crippen LogP contribution >= 0.6 is 0 Å². The summed E-state index contributed by atoms with van der Waals surface area (Å²) in [7, 11) is -0.323. The first kappa shape index (κ1) is 13.4. The standard InChI is InChI=1S/C18H27Si/c1-4-10-16(11-5-1)19(17-12-6-2-7-13-17)18-14-8-3-9-15-18/h1,4-5,10-11,17-18H,2-3,6-9,12-15H2. The van der Waals surface area contributed by atoms with Crippen LogP contribution in [0.25, 0.3) is 0 Å². The van der Waals surface area contributed by atoms with Crippen molar-refractivity contribution in [2.24, 2.45) is 0 Å². The van der Waals surface area contributed by atoms with Crippen LogP contribution in [0.3, 0.4) is 0 Å². The molecule has 3 rings (SSSR count). The van der Waals surface area contributed by atoms with Crippen LogP contribution in [0.5, 0.6) is 0 Å². The Bertz CT molecular complexity index is 343. The van der Waals surface area contributed by atoms with Crippen LogP contribution < -0.4 is 5.19 Å². The lowest BCUT2D eigenvalue weighted by atomic mass is 9.99. The monoisotopic (exact) mass is 271 g/mol. The third-order valence-corrected chi connectivity index (χ3v) is 9.11. The highest BCUT2D eigenvalue weighted by Gasteiger charge is 2.34. The zero-order valence-corrected chi connectivity index (χ0v) is 13.1. The molecule has 0 unspecified atom stereocenters. The number of rotatable bonds is 3. The quantitative estimate of drug-likeness (QED) is 0.674. The van der Waals surface area contributed by atoms with Crippen molar-refractivity contribution in [3.05, 3.63) is 30.3 Å². The van der Waals surface area contributed by atoms with E-state index in [9.17, 15) is 0 Å². The number of hydrogen-bond acceptors (Lipinski definition) is 0. The Labute approximate surface area is 120 Å². The molecule has 0 heterocycles. The minimum absolute atomic E-state index is 0.323. The zero-order chi connectivity index (χ0) is 12.9.